The Hall–Kier alpha value is -3.82. The number of hydrogen-bond donors (Lipinski definition) is 2. The van der Waals surface area contributed by atoms with Crippen LogP contribution in [0.2, 0.25) is 0 Å². The van der Waals surface area contributed by atoms with Crippen LogP contribution in [-0.4, -0.2) is 25.2 Å². The van der Waals surface area contributed by atoms with Gasteiger partial charge in [-0.05, 0) is 42.0 Å². The number of carbonyl (C=O) groups is 2. The molecule has 1 fully saturated rings. The van der Waals surface area contributed by atoms with Gasteiger partial charge in [-0.25, -0.2) is 17.9 Å². The Labute approximate surface area is 183 Å². The van der Waals surface area contributed by atoms with E-state index in [9.17, 15) is 27.5 Å². The number of aliphatic hydroxyl groups excluding tert-OH is 1. The molecule has 162 valence electrons. The SMILES string of the molecule is NS(=O)(=O)c1ccc(N2C(=O)C(=O)/C(=C(\O)c3ccccc3)C2c2cccc(F)c2)cc1. The average molecular weight is 452 g/mol. The van der Waals surface area contributed by atoms with Crippen LogP contribution in [0.15, 0.2) is 89.3 Å². The first-order chi connectivity index (χ1) is 15.2. The van der Waals surface area contributed by atoms with Crippen molar-refractivity contribution < 1.29 is 27.5 Å². The van der Waals surface area contributed by atoms with Crippen molar-refractivity contribution >= 4 is 33.2 Å². The quantitative estimate of drug-likeness (QED) is 0.358. The third kappa shape index (κ3) is 3.79. The lowest BCUT2D eigenvalue weighted by Crippen LogP contribution is -2.29. The molecule has 1 aliphatic heterocycles. The fourth-order valence-electron chi connectivity index (χ4n) is 3.64. The molecule has 0 aliphatic carbocycles. The van der Waals surface area contributed by atoms with Crippen LogP contribution in [0.3, 0.4) is 0 Å². The van der Waals surface area contributed by atoms with Gasteiger partial charge in [0, 0.05) is 11.3 Å². The highest BCUT2D eigenvalue weighted by atomic mass is 32.2. The van der Waals surface area contributed by atoms with E-state index >= 15 is 0 Å². The van der Waals surface area contributed by atoms with Gasteiger partial charge < -0.3 is 5.11 Å². The second-order valence-electron chi connectivity index (χ2n) is 7.13. The summed E-state index contributed by atoms with van der Waals surface area (Å²) in [6.45, 7) is 0. The normalized spacial score (nSPS) is 18.2. The molecule has 32 heavy (non-hydrogen) atoms. The van der Waals surface area contributed by atoms with Gasteiger partial charge in [0.05, 0.1) is 16.5 Å². The topological polar surface area (TPSA) is 118 Å². The van der Waals surface area contributed by atoms with Crippen molar-refractivity contribution in [1.82, 2.24) is 0 Å². The van der Waals surface area contributed by atoms with E-state index in [0.717, 1.165) is 4.90 Å². The number of rotatable bonds is 4. The molecular formula is C23H17FN2O5S. The van der Waals surface area contributed by atoms with Crippen LogP contribution < -0.4 is 10.0 Å². The predicted molar refractivity (Wildman–Crippen MR) is 115 cm³/mol. The molecule has 0 bridgehead atoms. The first-order valence-corrected chi connectivity index (χ1v) is 11.0. The first kappa shape index (κ1) is 21.4. The number of halogens is 1. The minimum absolute atomic E-state index is 0.176. The fraction of sp³-hybridized carbons (Fsp3) is 0.0435. The third-order valence-corrected chi connectivity index (χ3v) is 6.03. The minimum atomic E-state index is -3.97. The summed E-state index contributed by atoms with van der Waals surface area (Å²) < 4.78 is 37.2. The van der Waals surface area contributed by atoms with Gasteiger partial charge in [0.15, 0.2) is 0 Å². The standard InChI is InChI=1S/C23H17FN2O5S/c24-16-8-4-7-15(13-16)20-19(21(27)14-5-2-1-3-6-14)22(28)23(29)26(20)17-9-11-18(12-10-17)32(25,30)31/h1-13,20,27H,(H2,25,30,31)/b21-19-. The first-order valence-electron chi connectivity index (χ1n) is 9.43. The predicted octanol–water partition coefficient (Wildman–Crippen LogP) is 3.10. The van der Waals surface area contributed by atoms with E-state index in [0.29, 0.717) is 5.56 Å². The third-order valence-electron chi connectivity index (χ3n) is 5.10. The molecule has 9 heteroatoms. The molecule has 1 aliphatic rings. The molecule has 3 N–H and O–H groups in total. The molecule has 0 radical (unpaired) electrons. The summed E-state index contributed by atoms with van der Waals surface area (Å²) in [5.74, 6) is -2.88. The van der Waals surface area contributed by atoms with E-state index in [1.165, 1.54) is 48.5 Å². The second-order valence-corrected chi connectivity index (χ2v) is 8.69. The number of Topliss-reactive ketones (excluding diaryl/α,β-unsaturated/α-hetero) is 1. The van der Waals surface area contributed by atoms with Crippen molar-refractivity contribution in [3.63, 3.8) is 0 Å². The molecule has 1 amide bonds. The number of ketones is 1. The van der Waals surface area contributed by atoms with Crippen molar-refractivity contribution in [1.29, 1.82) is 0 Å². The molecule has 1 atom stereocenters. The lowest BCUT2D eigenvalue weighted by atomic mass is 9.95. The number of amides is 1. The lowest BCUT2D eigenvalue weighted by Gasteiger charge is -2.25. The number of sulfonamides is 1. The number of anilines is 1. The average Bonchev–Trinajstić information content (AvgIpc) is 3.04. The van der Waals surface area contributed by atoms with Crippen molar-refractivity contribution in [3.05, 3.63) is 101 Å². The Morgan fingerprint density at radius 1 is 0.938 bits per heavy atom. The van der Waals surface area contributed by atoms with Gasteiger partial charge in [-0.2, -0.15) is 0 Å². The summed E-state index contributed by atoms with van der Waals surface area (Å²) in [5.41, 5.74) is 0.553. The summed E-state index contributed by atoms with van der Waals surface area (Å²) in [6, 6.07) is 17.4. The van der Waals surface area contributed by atoms with Gasteiger partial charge in [-0.1, -0.05) is 42.5 Å². The van der Waals surface area contributed by atoms with Gasteiger partial charge in [0.2, 0.25) is 10.0 Å². The van der Waals surface area contributed by atoms with E-state index < -0.39 is 39.3 Å². The molecule has 0 aromatic heterocycles. The highest BCUT2D eigenvalue weighted by Gasteiger charge is 2.47. The van der Waals surface area contributed by atoms with E-state index in [-0.39, 0.29) is 21.7 Å². The summed E-state index contributed by atoms with van der Waals surface area (Å²) in [5, 5.41) is 16.0. The van der Waals surface area contributed by atoms with E-state index in [1.54, 1.807) is 30.3 Å². The molecule has 3 aromatic rings. The number of carbonyl (C=O) groups excluding carboxylic acids is 2. The summed E-state index contributed by atoms with van der Waals surface area (Å²) in [4.78, 5) is 26.9. The van der Waals surface area contributed by atoms with Crippen molar-refractivity contribution in [2.24, 2.45) is 5.14 Å². The smallest absolute Gasteiger partial charge is 0.300 e. The fourth-order valence-corrected chi connectivity index (χ4v) is 4.15. The van der Waals surface area contributed by atoms with Gasteiger partial charge in [0.1, 0.15) is 11.6 Å². The summed E-state index contributed by atoms with van der Waals surface area (Å²) >= 11 is 0. The molecular weight excluding hydrogens is 435 g/mol. The van der Waals surface area contributed by atoms with Crippen LogP contribution in [0.5, 0.6) is 0 Å². The molecule has 1 unspecified atom stereocenters. The molecule has 0 spiro atoms. The number of nitrogens with zero attached hydrogens (tertiary/aromatic N) is 1. The molecule has 1 saturated heterocycles. The van der Waals surface area contributed by atoms with Gasteiger partial charge in [-0.15, -0.1) is 0 Å². The largest absolute Gasteiger partial charge is 0.507 e. The molecule has 3 aromatic carbocycles. The number of benzene rings is 3. The Morgan fingerprint density at radius 2 is 1.59 bits per heavy atom. The van der Waals surface area contributed by atoms with E-state index in [1.807, 2.05) is 0 Å². The second kappa shape index (κ2) is 8.03. The molecule has 4 rings (SSSR count). The van der Waals surface area contributed by atoms with Gasteiger partial charge >= 0.3 is 0 Å². The van der Waals surface area contributed by atoms with Crippen LogP contribution in [0.4, 0.5) is 10.1 Å². The summed E-state index contributed by atoms with van der Waals surface area (Å²) in [6.07, 6.45) is 0. The Bertz CT molecular complexity index is 1350. The van der Waals surface area contributed by atoms with Crippen LogP contribution in [0.1, 0.15) is 17.2 Å². The summed E-state index contributed by atoms with van der Waals surface area (Å²) in [7, 11) is -3.97. The molecule has 7 nitrogen and oxygen atoms in total. The van der Waals surface area contributed by atoms with Crippen LogP contribution in [-0.2, 0) is 19.6 Å². The number of hydrogen-bond acceptors (Lipinski definition) is 5. The van der Waals surface area contributed by atoms with Crippen LogP contribution >= 0.6 is 0 Å². The van der Waals surface area contributed by atoms with E-state index in [2.05, 4.69) is 0 Å². The maximum atomic E-state index is 14.0. The highest BCUT2D eigenvalue weighted by Crippen LogP contribution is 2.42. The number of primary sulfonamides is 1. The van der Waals surface area contributed by atoms with Crippen molar-refractivity contribution in [2.45, 2.75) is 10.9 Å². The van der Waals surface area contributed by atoms with Crippen molar-refractivity contribution in [3.8, 4) is 0 Å². The van der Waals surface area contributed by atoms with Gasteiger partial charge in [0.25, 0.3) is 11.7 Å². The Balaban J connectivity index is 1.93. The monoisotopic (exact) mass is 452 g/mol. The Kier molecular flexibility index (Phi) is 5.37. The highest BCUT2D eigenvalue weighted by molar-refractivity contribution is 7.89. The Morgan fingerprint density at radius 3 is 2.19 bits per heavy atom. The maximum Gasteiger partial charge on any atom is 0.300 e. The van der Waals surface area contributed by atoms with Crippen molar-refractivity contribution in [2.75, 3.05) is 4.90 Å². The lowest BCUT2D eigenvalue weighted by molar-refractivity contribution is -0.132. The number of aliphatic hydroxyl groups is 1. The zero-order valence-corrected chi connectivity index (χ0v) is 17.3. The molecule has 1 heterocycles. The molecule has 0 saturated carbocycles. The number of nitrogens with two attached hydrogens (primary N) is 1. The maximum absolute atomic E-state index is 14.0. The van der Waals surface area contributed by atoms with Crippen LogP contribution in [0, 0.1) is 5.82 Å². The van der Waals surface area contributed by atoms with Gasteiger partial charge in [-0.3, -0.25) is 14.5 Å². The van der Waals surface area contributed by atoms with E-state index in [4.69, 9.17) is 5.14 Å². The minimum Gasteiger partial charge on any atom is -0.507 e. The zero-order valence-electron chi connectivity index (χ0n) is 16.5. The zero-order chi connectivity index (χ0) is 23.0. The van der Waals surface area contributed by atoms with Crippen LogP contribution in [0.25, 0.3) is 5.76 Å².